The van der Waals surface area contributed by atoms with Crippen LogP contribution in [0.3, 0.4) is 0 Å². The maximum absolute atomic E-state index is 9.88. The van der Waals surface area contributed by atoms with Gasteiger partial charge in [-0.1, -0.05) is 6.58 Å². The summed E-state index contributed by atoms with van der Waals surface area (Å²) in [6.45, 7) is 6.55. The van der Waals surface area contributed by atoms with Gasteiger partial charge in [0.1, 0.15) is 0 Å². The predicted octanol–water partition coefficient (Wildman–Crippen LogP) is 0.246. The molecule has 0 bridgehead atoms. The van der Waals surface area contributed by atoms with Gasteiger partial charge in [0.15, 0.2) is 6.29 Å². The Bertz CT molecular complexity index is 120. The Morgan fingerprint density at radius 2 is 2.38 bits per heavy atom. The molecule has 3 heteroatoms. The van der Waals surface area contributed by atoms with Crippen molar-refractivity contribution in [3.8, 4) is 0 Å². The Balaban J connectivity index is 3.80. The second-order valence-corrected chi connectivity index (χ2v) is 1.27. The van der Waals surface area contributed by atoms with E-state index in [1.807, 2.05) is 0 Å². The zero-order valence-corrected chi connectivity index (χ0v) is 4.79. The van der Waals surface area contributed by atoms with Crippen LogP contribution < -0.4 is 0 Å². The normalized spacial score (nSPS) is 7.62. The summed E-state index contributed by atoms with van der Waals surface area (Å²) in [5, 5.41) is 4.71. The summed E-state index contributed by atoms with van der Waals surface area (Å²) >= 11 is 0. The van der Waals surface area contributed by atoms with Crippen LogP contribution >= 0.6 is 0 Å². The molecule has 0 radical (unpaired) electrons. The SMILES string of the molecule is C=NN(C)C(=C)C=O. The first-order valence-electron chi connectivity index (χ1n) is 2.06. The van der Waals surface area contributed by atoms with Crippen LogP contribution in [0.15, 0.2) is 17.4 Å². The molecule has 0 heterocycles. The van der Waals surface area contributed by atoms with Crippen molar-refractivity contribution >= 4 is 13.0 Å². The van der Waals surface area contributed by atoms with Crippen molar-refractivity contribution in [1.29, 1.82) is 0 Å². The second-order valence-electron chi connectivity index (χ2n) is 1.27. The third-order valence-corrected chi connectivity index (χ3v) is 0.764. The van der Waals surface area contributed by atoms with Crippen molar-refractivity contribution in [3.63, 3.8) is 0 Å². The molecule has 0 unspecified atom stereocenters. The number of carbonyl (C=O) groups is 1. The van der Waals surface area contributed by atoms with Gasteiger partial charge in [-0.25, -0.2) is 0 Å². The molecule has 0 amide bonds. The average molecular weight is 112 g/mol. The number of hydrazone groups is 1. The van der Waals surface area contributed by atoms with Crippen LogP contribution in [0, 0.1) is 0 Å². The van der Waals surface area contributed by atoms with E-state index < -0.39 is 0 Å². The lowest BCUT2D eigenvalue weighted by Crippen LogP contribution is -2.08. The molecule has 0 aromatic heterocycles. The number of hydrogen-bond donors (Lipinski definition) is 0. The van der Waals surface area contributed by atoms with Gasteiger partial charge in [-0.15, -0.1) is 0 Å². The van der Waals surface area contributed by atoms with Gasteiger partial charge >= 0.3 is 0 Å². The van der Waals surface area contributed by atoms with Gasteiger partial charge in [0.2, 0.25) is 0 Å². The van der Waals surface area contributed by atoms with Crippen LogP contribution in [-0.2, 0) is 4.79 Å². The number of rotatable bonds is 3. The Morgan fingerprint density at radius 3 is 2.50 bits per heavy atom. The summed E-state index contributed by atoms with van der Waals surface area (Å²) in [5.41, 5.74) is 0.306. The fraction of sp³-hybridized carbons (Fsp3) is 0.200. The molecule has 0 aromatic carbocycles. The van der Waals surface area contributed by atoms with Crippen molar-refractivity contribution in [3.05, 3.63) is 12.3 Å². The van der Waals surface area contributed by atoms with Gasteiger partial charge in [0, 0.05) is 13.8 Å². The molecule has 0 aromatic rings. The third-order valence-electron chi connectivity index (χ3n) is 0.764. The summed E-state index contributed by atoms with van der Waals surface area (Å²) in [6, 6.07) is 0. The van der Waals surface area contributed by atoms with Crippen molar-refractivity contribution in [2.45, 2.75) is 0 Å². The largest absolute Gasteiger partial charge is 0.296 e. The summed E-state index contributed by atoms with van der Waals surface area (Å²) < 4.78 is 0. The fourth-order valence-electron chi connectivity index (χ4n) is 0.167. The molecule has 0 fully saturated rings. The van der Waals surface area contributed by atoms with Gasteiger partial charge in [-0.05, 0) is 0 Å². The first kappa shape index (κ1) is 6.88. The Hall–Kier alpha value is -1.12. The standard InChI is InChI=1S/C5H8N2O/c1-5(4-8)7(3)6-2/h4H,1-2H2,3H3. The van der Waals surface area contributed by atoms with Gasteiger partial charge in [0.25, 0.3) is 0 Å². The molecule has 3 nitrogen and oxygen atoms in total. The number of allylic oxidation sites excluding steroid dienone is 1. The summed E-state index contributed by atoms with van der Waals surface area (Å²) in [5.74, 6) is 0. The topological polar surface area (TPSA) is 32.7 Å². The van der Waals surface area contributed by atoms with E-state index in [-0.39, 0.29) is 0 Å². The molecule has 0 aliphatic rings. The molecule has 0 atom stereocenters. The highest BCUT2D eigenvalue weighted by Gasteiger charge is 1.91. The van der Waals surface area contributed by atoms with Crippen LogP contribution in [-0.4, -0.2) is 25.1 Å². The van der Waals surface area contributed by atoms with Crippen molar-refractivity contribution in [2.24, 2.45) is 5.10 Å². The van der Waals surface area contributed by atoms with Crippen LogP contribution in [0.1, 0.15) is 0 Å². The molecule has 44 valence electrons. The van der Waals surface area contributed by atoms with E-state index >= 15 is 0 Å². The van der Waals surface area contributed by atoms with Crippen molar-refractivity contribution < 1.29 is 4.79 Å². The highest BCUT2D eigenvalue weighted by Crippen LogP contribution is 1.90. The maximum atomic E-state index is 9.88. The van der Waals surface area contributed by atoms with E-state index in [2.05, 4.69) is 18.4 Å². The number of aldehydes is 1. The molecular formula is C5H8N2O. The number of likely N-dealkylation sites (N-methyl/N-ethyl adjacent to an activating group) is 1. The predicted molar refractivity (Wildman–Crippen MR) is 32.5 cm³/mol. The minimum absolute atomic E-state index is 0.306. The highest BCUT2D eigenvalue weighted by atomic mass is 16.1. The number of nitrogens with zero attached hydrogens (tertiary/aromatic N) is 2. The molecular weight excluding hydrogens is 104 g/mol. The van der Waals surface area contributed by atoms with Crippen LogP contribution in [0.25, 0.3) is 0 Å². The Labute approximate surface area is 48.3 Å². The quantitative estimate of drug-likeness (QED) is 0.227. The van der Waals surface area contributed by atoms with Crippen molar-refractivity contribution in [2.75, 3.05) is 7.05 Å². The van der Waals surface area contributed by atoms with E-state index in [1.165, 1.54) is 5.01 Å². The zero-order valence-electron chi connectivity index (χ0n) is 4.79. The Kier molecular flexibility index (Phi) is 2.54. The first-order valence-corrected chi connectivity index (χ1v) is 2.06. The van der Waals surface area contributed by atoms with Crippen molar-refractivity contribution in [1.82, 2.24) is 5.01 Å². The Morgan fingerprint density at radius 1 is 1.88 bits per heavy atom. The second kappa shape index (κ2) is 2.96. The molecule has 0 aliphatic carbocycles. The average Bonchev–Trinajstić information content (AvgIpc) is 1.84. The van der Waals surface area contributed by atoms with Crippen LogP contribution in [0.5, 0.6) is 0 Å². The van der Waals surface area contributed by atoms with E-state index in [4.69, 9.17) is 0 Å². The molecule has 0 saturated heterocycles. The monoisotopic (exact) mass is 112 g/mol. The molecule has 0 rings (SSSR count). The summed E-state index contributed by atoms with van der Waals surface area (Å²) in [4.78, 5) is 9.88. The number of hydrogen-bond acceptors (Lipinski definition) is 3. The minimum atomic E-state index is 0.306. The van der Waals surface area contributed by atoms with Gasteiger partial charge < -0.3 is 0 Å². The van der Waals surface area contributed by atoms with E-state index in [0.29, 0.717) is 12.0 Å². The van der Waals surface area contributed by atoms with Gasteiger partial charge in [0.05, 0.1) is 5.70 Å². The minimum Gasteiger partial charge on any atom is -0.296 e. The van der Waals surface area contributed by atoms with E-state index in [9.17, 15) is 4.79 Å². The molecule has 0 saturated carbocycles. The number of carbonyl (C=O) groups excluding carboxylic acids is 1. The van der Waals surface area contributed by atoms with E-state index in [1.54, 1.807) is 7.05 Å². The molecule has 8 heavy (non-hydrogen) atoms. The molecule has 0 aliphatic heterocycles. The molecule has 0 N–H and O–H groups in total. The highest BCUT2D eigenvalue weighted by molar-refractivity contribution is 5.70. The summed E-state index contributed by atoms with van der Waals surface area (Å²) in [7, 11) is 1.60. The smallest absolute Gasteiger partial charge is 0.167 e. The van der Waals surface area contributed by atoms with Gasteiger partial charge in [-0.2, -0.15) is 5.10 Å². The lowest BCUT2D eigenvalue weighted by molar-refractivity contribution is -0.106. The van der Waals surface area contributed by atoms with E-state index in [0.717, 1.165) is 0 Å². The lowest BCUT2D eigenvalue weighted by Gasteiger charge is -2.07. The maximum Gasteiger partial charge on any atom is 0.167 e. The zero-order chi connectivity index (χ0) is 6.57. The van der Waals surface area contributed by atoms with Crippen LogP contribution in [0.2, 0.25) is 0 Å². The fourth-order valence-corrected chi connectivity index (χ4v) is 0.167. The first-order chi connectivity index (χ1) is 3.72. The third kappa shape index (κ3) is 1.55. The molecule has 0 spiro atoms. The summed E-state index contributed by atoms with van der Waals surface area (Å²) in [6.07, 6.45) is 0.620. The van der Waals surface area contributed by atoms with Gasteiger partial charge in [-0.3, -0.25) is 9.80 Å². The lowest BCUT2D eigenvalue weighted by atomic mass is 10.5. The van der Waals surface area contributed by atoms with Crippen LogP contribution in [0.4, 0.5) is 0 Å².